The Labute approximate surface area is 137 Å². The molecule has 24 heavy (non-hydrogen) atoms. The standard InChI is InChI=1S/C18H13FN2O3/c1-11-16(10-12-3-2-4-14(19)9-12)17(22)21(20-11)15-7-5-13(6-8-15)18(23)24/h2-10H,1H3,(H,23,24)/p-1/b16-10+. The minimum absolute atomic E-state index is 0.0154. The lowest BCUT2D eigenvalue weighted by atomic mass is 10.1. The number of rotatable bonds is 3. The van der Waals surface area contributed by atoms with Crippen LogP contribution in [0, 0.1) is 5.82 Å². The molecule has 0 bridgehead atoms. The summed E-state index contributed by atoms with van der Waals surface area (Å²) in [4.78, 5) is 23.3. The van der Waals surface area contributed by atoms with Crippen LogP contribution in [0.25, 0.3) is 6.08 Å². The number of hydrazone groups is 1. The van der Waals surface area contributed by atoms with E-state index in [0.717, 1.165) is 0 Å². The summed E-state index contributed by atoms with van der Waals surface area (Å²) in [6.45, 7) is 1.68. The second-order valence-corrected chi connectivity index (χ2v) is 5.25. The van der Waals surface area contributed by atoms with Gasteiger partial charge in [0, 0.05) is 0 Å². The van der Waals surface area contributed by atoms with E-state index >= 15 is 0 Å². The Morgan fingerprint density at radius 3 is 2.54 bits per heavy atom. The molecule has 0 aromatic heterocycles. The quantitative estimate of drug-likeness (QED) is 0.811. The van der Waals surface area contributed by atoms with Crippen LogP contribution in [0.3, 0.4) is 0 Å². The SMILES string of the molecule is CC1=NN(c2ccc(C(=O)[O-])cc2)C(=O)/C1=C/c1cccc(F)c1. The summed E-state index contributed by atoms with van der Waals surface area (Å²) in [5, 5.41) is 16.1. The summed E-state index contributed by atoms with van der Waals surface area (Å²) in [5.74, 6) is -2.04. The van der Waals surface area contributed by atoms with E-state index in [1.165, 1.54) is 41.4 Å². The average Bonchev–Trinajstić information content (AvgIpc) is 2.83. The first-order valence-corrected chi connectivity index (χ1v) is 7.14. The third-order valence-electron chi connectivity index (χ3n) is 3.57. The normalized spacial score (nSPS) is 15.8. The highest BCUT2D eigenvalue weighted by atomic mass is 19.1. The number of carbonyl (C=O) groups excluding carboxylic acids is 2. The first kappa shape index (κ1) is 15.6. The van der Waals surface area contributed by atoms with Crippen molar-refractivity contribution in [2.75, 3.05) is 5.01 Å². The fraction of sp³-hybridized carbons (Fsp3) is 0.0556. The van der Waals surface area contributed by atoms with Crippen molar-refractivity contribution in [3.63, 3.8) is 0 Å². The van der Waals surface area contributed by atoms with Gasteiger partial charge in [0.05, 0.1) is 22.9 Å². The maximum absolute atomic E-state index is 13.3. The van der Waals surface area contributed by atoms with Gasteiger partial charge < -0.3 is 9.90 Å². The fourth-order valence-electron chi connectivity index (χ4n) is 2.36. The van der Waals surface area contributed by atoms with Gasteiger partial charge >= 0.3 is 0 Å². The van der Waals surface area contributed by atoms with Gasteiger partial charge in [-0.05, 0) is 48.4 Å². The van der Waals surface area contributed by atoms with Crippen molar-refractivity contribution in [1.29, 1.82) is 0 Å². The Balaban J connectivity index is 1.91. The summed E-state index contributed by atoms with van der Waals surface area (Å²) in [6.07, 6.45) is 1.57. The van der Waals surface area contributed by atoms with Crippen LogP contribution in [0.4, 0.5) is 10.1 Å². The van der Waals surface area contributed by atoms with Crippen LogP contribution in [-0.2, 0) is 4.79 Å². The number of aromatic carboxylic acids is 1. The number of carboxylic acid groups (broad SMARTS) is 1. The van der Waals surface area contributed by atoms with Gasteiger partial charge in [-0.2, -0.15) is 10.1 Å². The largest absolute Gasteiger partial charge is 0.545 e. The molecule has 1 aliphatic rings. The van der Waals surface area contributed by atoms with Gasteiger partial charge in [-0.1, -0.05) is 24.3 Å². The van der Waals surface area contributed by atoms with E-state index in [-0.39, 0.29) is 17.3 Å². The molecule has 0 fully saturated rings. The summed E-state index contributed by atoms with van der Waals surface area (Å²) in [6, 6.07) is 11.5. The Hall–Kier alpha value is -3.28. The van der Waals surface area contributed by atoms with E-state index in [2.05, 4.69) is 5.10 Å². The molecule has 0 saturated carbocycles. The smallest absolute Gasteiger partial charge is 0.280 e. The van der Waals surface area contributed by atoms with Crippen molar-refractivity contribution in [3.8, 4) is 0 Å². The number of halogens is 1. The van der Waals surface area contributed by atoms with Gasteiger partial charge in [-0.3, -0.25) is 4.79 Å². The second kappa shape index (κ2) is 6.08. The molecule has 120 valence electrons. The Morgan fingerprint density at radius 1 is 1.21 bits per heavy atom. The Morgan fingerprint density at radius 2 is 1.92 bits per heavy atom. The monoisotopic (exact) mass is 323 g/mol. The molecule has 0 spiro atoms. The third-order valence-corrected chi connectivity index (χ3v) is 3.57. The number of nitrogens with zero attached hydrogens (tertiary/aromatic N) is 2. The number of carboxylic acids is 1. The topological polar surface area (TPSA) is 72.8 Å². The molecule has 0 radical (unpaired) electrons. The molecule has 2 aromatic rings. The zero-order valence-corrected chi connectivity index (χ0v) is 12.7. The molecule has 1 aliphatic heterocycles. The molecule has 6 heteroatoms. The van der Waals surface area contributed by atoms with Gasteiger partial charge in [0.1, 0.15) is 5.82 Å². The van der Waals surface area contributed by atoms with Crippen LogP contribution < -0.4 is 10.1 Å². The summed E-state index contributed by atoms with van der Waals surface area (Å²) in [5.41, 5.74) is 1.86. The van der Waals surface area contributed by atoms with Gasteiger partial charge in [-0.15, -0.1) is 0 Å². The van der Waals surface area contributed by atoms with E-state index in [1.807, 2.05) is 0 Å². The van der Waals surface area contributed by atoms with E-state index in [0.29, 0.717) is 22.5 Å². The number of amides is 1. The second-order valence-electron chi connectivity index (χ2n) is 5.25. The van der Waals surface area contributed by atoms with Crippen LogP contribution in [0.15, 0.2) is 59.2 Å². The van der Waals surface area contributed by atoms with Gasteiger partial charge in [-0.25, -0.2) is 4.39 Å². The van der Waals surface area contributed by atoms with Crippen molar-refractivity contribution in [2.45, 2.75) is 6.92 Å². The number of benzene rings is 2. The number of hydrogen-bond donors (Lipinski definition) is 0. The van der Waals surface area contributed by atoms with Crippen LogP contribution in [0.5, 0.6) is 0 Å². The van der Waals surface area contributed by atoms with Crippen LogP contribution in [0.2, 0.25) is 0 Å². The number of anilines is 1. The van der Waals surface area contributed by atoms with Gasteiger partial charge in [0.15, 0.2) is 0 Å². The molecule has 3 rings (SSSR count). The van der Waals surface area contributed by atoms with Crippen LogP contribution >= 0.6 is 0 Å². The lowest BCUT2D eigenvalue weighted by Crippen LogP contribution is -2.23. The fourth-order valence-corrected chi connectivity index (χ4v) is 2.36. The summed E-state index contributed by atoms with van der Waals surface area (Å²) >= 11 is 0. The van der Waals surface area contributed by atoms with E-state index < -0.39 is 5.97 Å². The molecule has 0 N–H and O–H groups in total. The predicted octanol–water partition coefficient (Wildman–Crippen LogP) is 2.00. The summed E-state index contributed by atoms with van der Waals surface area (Å²) in [7, 11) is 0. The molecule has 0 aliphatic carbocycles. The minimum atomic E-state index is -1.29. The average molecular weight is 323 g/mol. The molecular formula is C18H12FN2O3-. The molecule has 0 saturated heterocycles. The molecule has 0 atom stereocenters. The zero-order chi connectivity index (χ0) is 17.3. The van der Waals surface area contributed by atoms with Crippen LogP contribution in [0.1, 0.15) is 22.8 Å². The van der Waals surface area contributed by atoms with Crippen molar-refractivity contribution >= 4 is 29.4 Å². The van der Waals surface area contributed by atoms with E-state index in [1.54, 1.807) is 25.1 Å². The van der Waals surface area contributed by atoms with Crippen molar-refractivity contribution < 1.29 is 19.1 Å². The predicted molar refractivity (Wildman–Crippen MR) is 85.7 cm³/mol. The van der Waals surface area contributed by atoms with Gasteiger partial charge in [0.25, 0.3) is 5.91 Å². The van der Waals surface area contributed by atoms with Crippen molar-refractivity contribution in [3.05, 3.63) is 71.0 Å². The van der Waals surface area contributed by atoms with Crippen molar-refractivity contribution in [2.24, 2.45) is 5.10 Å². The van der Waals surface area contributed by atoms with Gasteiger partial charge in [0.2, 0.25) is 0 Å². The molecule has 1 amide bonds. The molecule has 1 heterocycles. The molecule has 2 aromatic carbocycles. The lowest BCUT2D eigenvalue weighted by Gasteiger charge is -2.12. The highest BCUT2D eigenvalue weighted by Gasteiger charge is 2.28. The zero-order valence-electron chi connectivity index (χ0n) is 12.7. The minimum Gasteiger partial charge on any atom is -0.545 e. The van der Waals surface area contributed by atoms with Crippen LogP contribution in [-0.4, -0.2) is 17.6 Å². The van der Waals surface area contributed by atoms with Crippen molar-refractivity contribution in [1.82, 2.24) is 0 Å². The first-order valence-electron chi connectivity index (χ1n) is 7.14. The number of hydrogen-bond acceptors (Lipinski definition) is 4. The Bertz CT molecular complexity index is 885. The third kappa shape index (κ3) is 2.94. The highest BCUT2D eigenvalue weighted by molar-refractivity contribution is 6.32. The maximum Gasteiger partial charge on any atom is 0.280 e. The number of carbonyl (C=O) groups is 2. The lowest BCUT2D eigenvalue weighted by molar-refractivity contribution is -0.255. The summed E-state index contributed by atoms with van der Waals surface area (Å²) < 4.78 is 13.3. The van der Waals surface area contributed by atoms with E-state index in [9.17, 15) is 19.1 Å². The highest BCUT2D eigenvalue weighted by Crippen LogP contribution is 2.25. The maximum atomic E-state index is 13.3. The molecule has 0 unspecified atom stereocenters. The first-order chi connectivity index (χ1) is 11.5. The molecule has 5 nitrogen and oxygen atoms in total. The van der Waals surface area contributed by atoms with E-state index in [4.69, 9.17) is 0 Å². The molecular weight excluding hydrogens is 311 g/mol. The Kier molecular flexibility index (Phi) is 3.95.